The van der Waals surface area contributed by atoms with E-state index in [1.54, 1.807) is 12.1 Å². The Balaban J connectivity index is 2.41. The van der Waals surface area contributed by atoms with Crippen LogP contribution in [0, 0.1) is 0 Å². The highest BCUT2D eigenvalue weighted by molar-refractivity contribution is 5.91. The molecule has 112 valence electrons. The third kappa shape index (κ3) is 6.04. The van der Waals surface area contributed by atoms with Crippen molar-refractivity contribution in [1.29, 1.82) is 0 Å². The largest absolute Gasteiger partial charge is 0.399 e. The zero-order valence-corrected chi connectivity index (χ0v) is 12.3. The average molecular weight is 279 g/mol. The molecular formula is C15H25N3O2. The standard InChI is InChI=1S/C15H25N3O2/c1-12(2)18(8-4-10-19)9-7-15(20)17-14-6-3-5-13(16)11-14/h3,5-6,11-12,19H,4,7-10,16H2,1-2H3,(H,17,20). The Labute approximate surface area is 120 Å². The minimum absolute atomic E-state index is 0.0229. The maximum absolute atomic E-state index is 11.9. The highest BCUT2D eigenvalue weighted by Gasteiger charge is 2.11. The van der Waals surface area contributed by atoms with E-state index in [2.05, 4.69) is 24.1 Å². The quantitative estimate of drug-likeness (QED) is 0.633. The second-order valence-corrected chi connectivity index (χ2v) is 5.13. The minimum atomic E-state index is -0.0229. The monoisotopic (exact) mass is 279 g/mol. The molecular weight excluding hydrogens is 254 g/mol. The highest BCUT2D eigenvalue weighted by atomic mass is 16.3. The second-order valence-electron chi connectivity index (χ2n) is 5.13. The third-order valence-corrected chi connectivity index (χ3v) is 3.13. The summed E-state index contributed by atoms with van der Waals surface area (Å²) in [5, 5.41) is 11.7. The summed E-state index contributed by atoms with van der Waals surface area (Å²) in [5.74, 6) is -0.0229. The molecule has 0 unspecified atom stereocenters. The second kappa shape index (κ2) is 8.55. The number of carbonyl (C=O) groups excluding carboxylic acids is 1. The summed E-state index contributed by atoms with van der Waals surface area (Å²) in [7, 11) is 0. The van der Waals surface area contributed by atoms with Crippen LogP contribution >= 0.6 is 0 Å². The van der Waals surface area contributed by atoms with Gasteiger partial charge < -0.3 is 21.1 Å². The van der Waals surface area contributed by atoms with Crippen LogP contribution < -0.4 is 11.1 Å². The molecule has 0 spiro atoms. The van der Waals surface area contributed by atoms with Gasteiger partial charge >= 0.3 is 0 Å². The van der Waals surface area contributed by atoms with Crippen molar-refractivity contribution in [2.75, 3.05) is 30.7 Å². The Morgan fingerprint density at radius 1 is 1.40 bits per heavy atom. The maximum atomic E-state index is 11.9. The molecule has 0 atom stereocenters. The first kappa shape index (κ1) is 16.5. The van der Waals surface area contributed by atoms with E-state index >= 15 is 0 Å². The van der Waals surface area contributed by atoms with Gasteiger partial charge in [0.2, 0.25) is 5.91 Å². The molecule has 0 fully saturated rings. The van der Waals surface area contributed by atoms with Gasteiger partial charge in [-0.15, -0.1) is 0 Å². The molecule has 1 aromatic carbocycles. The van der Waals surface area contributed by atoms with Gasteiger partial charge in [0.15, 0.2) is 0 Å². The van der Waals surface area contributed by atoms with Gasteiger partial charge in [-0.05, 0) is 38.5 Å². The van der Waals surface area contributed by atoms with E-state index in [0.29, 0.717) is 24.7 Å². The Morgan fingerprint density at radius 2 is 2.15 bits per heavy atom. The lowest BCUT2D eigenvalue weighted by Gasteiger charge is -2.25. The van der Waals surface area contributed by atoms with Crippen molar-refractivity contribution in [3.05, 3.63) is 24.3 Å². The van der Waals surface area contributed by atoms with Crippen molar-refractivity contribution in [3.63, 3.8) is 0 Å². The number of benzene rings is 1. The van der Waals surface area contributed by atoms with Crippen LogP contribution in [0.25, 0.3) is 0 Å². The van der Waals surface area contributed by atoms with E-state index in [-0.39, 0.29) is 12.5 Å². The number of nitrogen functional groups attached to an aromatic ring is 1. The summed E-state index contributed by atoms with van der Waals surface area (Å²) < 4.78 is 0. The molecule has 1 amide bonds. The Morgan fingerprint density at radius 3 is 2.75 bits per heavy atom. The lowest BCUT2D eigenvalue weighted by atomic mass is 10.2. The van der Waals surface area contributed by atoms with Gasteiger partial charge in [0.1, 0.15) is 0 Å². The fraction of sp³-hybridized carbons (Fsp3) is 0.533. The number of nitrogens with two attached hydrogens (primary N) is 1. The van der Waals surface area contributed by atoms with Gasteiger partial charge in [-0.3, -0.25) is 4.79 Å². The minimum Gasteiger partial charge on any atom is -0.399 e. The summed E-state index contributed by atoms with van der Waals surface area (Å²) >= 11 is 0. The van der Waals surface area contributed by atoms with Crippen molar-refractivity contribution >= 4 is 17.3 Å². The summed E-state index contributed by atoms with van der Waals surface area (Å²) in [4.78, 5) is 14.1. The number of amides is 1. The van der Waals surface area contributed by atoms with Crippen LogP contribution in [-0.2, 0) is 4.79 Å². The fourth-order valence-electron chi connectivity index (χ4n) is 1.99. The van der Waals surface area contributed by atoms with Crippen LogP contribution in [0.3, 0.4) is 0 Å². The zero-order chi connectivity index (χ0) is 15.0. The smallest absolute Gasteiger partial charge is 0.225 e. The lowest BCUT2D eigenvalue weighted by molar-refractivity contribution is -0.116. The van der Waals surface area contributed by atoms with E-state index in [0.717, 1.165) is 18.7 Å². The first-order chi connectivity index (χ1) is 9.52. The maximum Gasteiger partial charge on any atom is 0.225 e. The first-order valence-corrected chi connectivity index (χ1v) is 7.03. The van der Waals surface area contributed by atoms with Gasteiger partial charge in [0.25, 0.3) is 0 Å². The number of aliphatic hydroxyl groups is 1. The average Bonchev–Trinajstić information content (AvgIpc) is 2.38. The van der Waals surface area contributed by atoms with Crippen LogP contribution in [0.2, 0.25) is 0 Å². The number of nitrogens with one attached hydrogen (secondary N) is 1. The topological polar surface area (TPSA) is 78.6 Å². The van der Waals surface area contributed by atoms with E-state index in [1.807, 2.05) is 12.1 Å². The third-order valence-electron chi connectivity index (χ3n) is 3.13. The normalized spacial score (nSPS) is 11.1. The molecule has 20 heavy (non-hydrogen) atoms. The zero-order valence-electron chi connectivity index (χ0n) is 12.3. The number of rotatable bonds is 8. The highest BCUT2D eigenvalue weighted by Crippen LogP contribution is 2.12. The molecule has 0 aliphatic heterocycles. The number of hydrogen-bond acceptors (Lipinski definition) is 4. The van der Waals surface area contributed by atoms with Crippen molar-refractivity contribution in [3.8, 4) is 0 Å². The van der Waals surface area contributed by atoms with Gasteiger partial charge in [0, 0.05) is 43.5 Å². The summed E-state index contributed by atoms with van der Waals surface area (Å²) in [6.45, 7) is 5.85. The van der Waals surface area contributed by atoms with Crippen LogP contribution in [-0.4, -0.2) is 41.7 Å². The van der Waals surface area contributed by atoms with Crippen LogP contribution in [0.1, 0.15) is 26.7 Å². The molecule has 0 bridgehead atoms. The molecule has 0 aromatic heterocycles. The molecule has 5 nitrogen and oxygen atoms in total. The SMILES string of the molecule is CC(C)N(CCCO)CCC(=O)Nc1cccc(N)c1. The van der Waals surface area contributed by atoms with E-state index in [1.165, 1.54) is 0 Å². The number of hydrogen-bond donors (Lipinski definition) is 3. The molecule has 1 aromatic rings. The molecule has 5 heteroatoms. The number of nitrogens with zero attached hydrogens (tertiary/aromatic N) is 1. The van der Waals surface area contributed by atoms with Crippen molar-refractivity contribution in [2.45, 2.75) is 32.7 Å². The van der Waals surface area contributed by atoms with E-state index < -0.39 is 0 Å². The van der Waals surface area contributed by atoms with Gasteiger partial charge in [-0.2, -0.15) is 0 Å². The van der Waals surface area contributed by atoms with Gasteiger partial charge in [-0.1, -0.05) is 6.07 Å². The molecule has 0 aliphatic carbocycles. The number of carbonyl (C=O) groups is 1. The number of anilines is 2. The molecule has 0 saturated carbocycles. The Kier molecular flexibility index (Phi) is 7.04. The predicted octanol–water partition coefficient (Wildman–Crippen LogP) is 1.69. The van der Waals surface area contributed by atoms with Crippen molar-refractivity contribution in [1.82, 2.24) is 4.90 Å². The lowest BCUT2D eigenvalue weighted by Crippen LogP contribution is -2.35. The predicted molar refractivity (Wildman–Crippen MR) is 82.5 cm³/mol. The molecule has 0 heterocycles. The molecule has 4 N–H and O–H groups in total. The molecule has 0 radical (unpaired) electrons. The molecule has 1 rings (SSSR count). The first-order valence-electron chi connectivity index (χ1n) is 7.03. The van der Waals surface area contributed by atoms with Gasteiger partial charge in [-0.25, -0.2) is 0 Å². The summed E-state index contributed by atoms with van der Waals surface area (Å²) in [6.07, 6.45) is 1.16. The fourth-order valence-corrected chi connectivity index (χ4v) is 1.99. The van der Waals surface area contributed by atoms with Crippen molar-refractivity contribution in [2.24, 2.45) is 0 Å². The Bertz CT molecular complexity index is 421. The van der Waals surface area contributed by atoms with E-state index in [9.17, 15) is 4.79 Å². The van der Waals surface area contributed by atoms with Gasteiger partial charge in [0.05, 0.1) is 0 Å². The van der Waals surface area contributed by atoms with Crippen LogP contribution in [0.15, 0.2) is 24.3 Å². The summed E-state index contributed by atoms with van der Waals surface area (Å²) in [6, 6.07) is 7.52. The summed E-state index contributed by atoms with van der Waals surface area (Å²) in [5.41, 5.74) is 7.03. The molecule has 0 saturated heterocycles. The number of aliphatic hydroxyl groups excluding tert-OH is 1. The van der Waals surface area contributed by atoms with Crippen molar-refractivity contribution < 1.29 is 9.90 Å². The Hall–Kier alpha value is -1.59. The van der Waals surface area contributed by atoms with E-state index in [4.69, 9.17) is 10.8 Å². The molecule has 0 aliphatic rings. The van der Waals surface area contributed by atoms with Crippen LogP contribution in [0.5, 0.6) is 0 Å². The van der Waals surface area contributed by atoms with Crippen LogP contribution in [0.4, 0.5) is 11.4 Å².